The predicted octanol–water partition coefficient (Wildman–Crippen LogP) is 10.4. The molecule has 2 nitrogen and oxygen atoms in total. The second kappa shape index (κ2) is 31.0. The van der Waals surface area contributed by atoms with Crippen LogP contribution in [0.25, 0.3) is 0 Å². The highest BCUT2D eigenvalue weighted by Gasteiger charge is 2.05. The van der Waals surface area contributed by atoms with Crippen molar-refractivity contribution in [2.75, 3.05) is 26.2 Å². The van der Waals surface area contributed by atoms with Gasteiger partial charge >= 0.3 is 0 Å². The maximum Gasteiger partial charge on any atom is -0.00187 e. The van der Waals surface area contributed by atoms with E-state index in [-0.39, 0.29) is 0 Å². The molecular formula is C32H68N2. The lowest BCUT2D eigenvalue weighted by Gasteiger charge is -2.22. The van der Waals surface area contributed by atoms with Crippen molar-refractivity contribution in [2.45, 2.75) is 181 Å². The minimum Gasteiger partial charge on any atom is -0.330 e. The van der Waals surface area contributed by atoms with E-state index in [2.05, 4.69) is 18.7 Å². The summed E-state index contributed by atoms with van der Waals surface area (Å²) < 4.78 is 0. The molecule has 0 amide bonds. The second-order valence-electron chi connectivity index (χ2n) is 11.1. The highest BCUT2D eigenvalue weighted by molar-refractivity contribution is 4.61. The van der Waals surface area contributed by atoms with Gasteiger partial charge in [-0.15, -0.1) is 0 Å². The number of rotatable bonds is 30. The lowest BCUT2D eigenvalue weighted by molar-refractivity contribution is 0.254. The van der Waals surface area contributed by atoms with Gasteiger partial charge in [-0.05, 0) is 51.9 Å². The van der Waals surface area contributed by atoms with Gasteiger partial charge in [-0.2, -0.15) is 0 Å². The average Bonchev–Trinajstić information content (AvgIpc) is 2.85. The summed E-state index contributed by atoms with van der Waals surface area (Å²) in [6.45, 7) is 9.52. The fourth-order valence-corrected chi connectivity index (χ4v) is 5.17. The molecule has 0 aromatic rings. The molecular weight excluding hydrogens is 412 g/mol. The Hall–Kier alpha value is -0.0800. The van der Waals surface area contributed by atoms with Crippen LogP contribution in [0.4, 0.5) is 0 Å². The topological polar surface area (TPSA) is 29.3 Å². The summed E-state index contributed by atoms with van der Waals surface area (Å²) in [6, 6.07) is 0. The molecule has 2 heteroatoms. The first-order valence-electron chi connectivity index (χ1n) is 16.3. The predicted molar refractivity (Wildman–Crippen MR) is 157 cm³/mol. The molecule has 0 rings (SSSR count). The molecule has 206 valence electrons. The molecule has 0 saturated carbocycles. The molecule has 0 aliphatic heterocycles. The van der Waals surface area contributed by atoms with Crippen LogP contribution in [0.5, 0.6) is 0 Å². The van der Waals surface area contributed by atoms with Gasteiger partial charge in [0, 0.05) is 0 Å². The van der Waals surface area contributed by atoms with Crippen molar-refractivity contribution in [3.05, 3.63) is 0 Å². The van der Waals surface area contributed by atoms with Crippen molar-refractivity contribution in [2.24, 2.45) is 5.73 Å². The molecule has 0 atom stereocenters. The second-order valence-corrected chi connectivity index (χ2v) is 11.1. The first kappa shape index (κ1) is 33.9. The van der Waals surface area contributed by atoms with E-state index in [4.69, 9.17) is 5.73 Å². The standard InChI is InChI=1S/C32H68N2/c1-3-5-7-9-11-13-15-18-22-26-30-34(32-28-24-20-17-21-25-29-33)31-27-23-19-16-14-12-10-8-6-4-2/h3-33H2,1-2H3. The minimum atomic E-state index is 0.867. The number of hydrogen-bond donors (Lipinski definition) is 1. The lowest BCUT2D eigenvalue weighted by Crippen LogP contribution is -2.27. The fourth-order valence-electron chi connectivity index (χ4n) is 5.17. The van der Waals surface area contributed by atoms with E-state index in [1.807, 2.05) is 0 Å². The largest absolute Gasteiger partial charge is 0.330 e. The van der Waals surface area contributed by atoms with Gasteiger partial charge in [0.05, 0.1) is 0 Å². The monoisotopic (exact) mass is 481 g/mol. The van der Waals surface area contributed by atoms with E-state index in [1.54, 1.807) is 0 Å². The molecule has 0 saturated heterocycles. The number of nitrogens with zero attached hydrogens (tertiary/aromatic N) is 1. The Kier molecular flexibility index (Phi) is 30.9. The maximum atomic E-state index is 5.62. The van der Waals surface area contributed by atoms with E-state index in [9.17, 15) is 0 Å². The van der Waals surface area contributed by atoms with E-state index >= 15 is 0 Å². The zero-order chi connectivity index (χ0) is 24.8. The molecule has 0 spiro atoms. The third kappa shape index (κ3) is 28.2. The molecule has 34 heavy (non-hydrogen) atoms. The Morgan fingerprint density at radius 3 is 0.824 bits per heavy atom. The summed E-state index contributed by atoms with van der Waals surface area (Å²) in [5.41, 5.74) is 5.62. The van der Waals surface area contributed by atoms with Gasteiger partial charge in [-0.25, -0.2) is 0 Å². The van der Waals surface area contributed by atoms with Crippen molar-refractivity contribution < 1.29 is 0 Å². The van der Waals surface area contributed by atoms with Gasteiger partial charge in [0.1, 0.15) is 0 Å². The average molecular weight is 481 g/mol. The Morgan fingerprint density at radius 2 is 0.559 bits per heavy atom. The minimum absolute atomic E-state index is 0.867. The molecule has 0 aliphatic rings. The third-order valence-corrected chi connectivity index (χ3v) is 7.58. The van der Waals surface area contributed by atoms with Crippen molar-refractivity contribution in [3.8, 4) is 0 Å². The molecule has 0 radical (unpaired) electrons. The quantitative estimate of drug-likeness (QED) is 0.104. The van der Waals surface area contributed by atoms with Crippen LogP contribution in [-0.2, 0) is 0 Å². The van der Waals surface area contributed by atoms with Crippen LogP contribution < -0.4 is 5.73 Å². The van der Waals surface area contributed by atoms with Crippen LogP contribution in [0.2, 0.25) is 0 Å². The van der Waals surface area contributed by atoms with Crippen LogP contribution >= 0.6 is 0 Å². The normalized spacial score (nSPS) is 11.6. The lowest BCUT2D eigenvalue weighted by atomic mass is 10.1. The van der Waals surface area contributed by atoms with Crippen LogP contribution in [0.1, 0.15) is 181 Å². The van der Waals surface area contributed by atoms with Crippen LogP contribution in [0, 0.1) is 0 Å². The highest BCUT2D eigenvalue weighted by Crippen LogP contribution is 2.14. The maximum absolute atomic E-state index is 5.62. The fraction of sp³-hybridized carbons (Fsp3) is 1.00. The van der Waals surface area contributed by atoms with Crippen molar-refractivity contribution in [3.63, 3.8) is 0 Å². The molecule has 0 aromatic heterocycles. The molecule has 0 bridgehead atoms. The van der Waals surface area contributed by atoms with Gasteiger partial charge in [0.25, 0.3) is 0 Å². The Labute approximate surface area is 217 Å². The molecule has 0 fully saturated rings. The van der Waals surface area contributed by atoms with Gasteiger partial charge in [-0.3, -0.25) is 0 Å². The zero-order valence-electron chi connectivity index (χ0n) is 24.2. The smallest absolute Gasteiger partial charge is 0.00187 e. The van der Waals surface area contributed by atoms with E-state index < -0.39 is 0 Å². The molecule has 0 aromatic carbocycles. The van der Waals surface area contributed by atoms with Crippen molar-refractivity contribution >= 4 is 0 Å². The summed E-state index contributed by atoms with van der Waals surface area (Å²) in [7, 11) is 0. The highest BCUT2D eigenvalue weighted by atomic mass is 15.1. The zero-order valence-corrected chi connectivity index (χ0v) is 24.2. The van der Waals surface area contributed by atoms with Gasteiger partial charge < -0.3 is 10.6 Å². The number of unbranched alkanes of at least 4 members (excludes halogenated alkanes) is 23. The Morgan fingerprint density at radius 1 is 0.324 bits per heavy atom. The Bertz CT molecular complexity index is 320. The SMILES string of the molecule is CCCCCCCCCCCCN(CCCCCCCCN)CCCCCCCCCCCC. The van der Waals surface area contributed by atoms with Crippen molar-refractivity contribution in [1.29, 1.82) is 0 Å². The van der Waals surface area contributed by atoms with E-state index in [0.717, 1.165) is 6.54 Å². The summed E-state index contributed by atoms with van der Waals surface area (Å²) >= 11 is 0. The molecule has 0 aliphatic carbocycles. The molecule has 2 N–H and O–H groups in total. The van der Waals surface area contributed by atoms with Gasteiger partial charge in [0.15, 0.2) is 0 Å². The number of nitrogens with two attached hydrogens (primary N) is 1. The first-order valence-corrected chi connectivity index (χ1v) is 16.3. The van der Waals surface area contributed by atoms with Crippen LogP contribution in [0.3, 0.4) is 0 Å². The van der Waals surface area contributed by atoms with E-state index in [0.29, 0.717) is 0 Å². The van der Waals surface area contributed by atoms with Crippen LogP contribution in [0.15, 0.2) is 0 Å². The van der Waals surface area contributed by atoms with Gasteiger partial charge in [0.2, 0.25) is 0 Å². The summed E-state index contributed by atoms with van der Waals surface area (Å²) in [5, 5.41) is 0. The summed E-state index contributed by atoms with van der Waals surface area (Å²) in [6.07, 6.45) is 37.0. The molecule has 0 heterocycles. The summed E-state index contributed by atoms with van der Waals surface area (Å²) in [4.78, 5) is 2.81. The van der Waals surface area contributed by atoms with E-state index in [1.165, 1.54) is 187 Å². The van der Waals surface area contributed by atoms with Gasteiger partial charge in [-0.1, -0.05) is 155 Å². The number of hydrogen-bond acceptors (Lipinski definition) is 2. The molecule has 0 unspecified atom stereocenters. The van der Waals surface area contributed by atoms with Crippen LogP contribution in [-0.4, -0.2) is 31.1 Å². The summed E-state index contributed by atoms with van der Waals surface area (Å²) in [5.74, 6) is 0. The third-order valence-electron chi connectivity index (χ3n) is 7.58. The Balaban J connectivity index is 3.82. The van der Waals surface area contributed by atoms with Crippen molar-refractivity contribution in [1.82, 2.24) is 4.90 Å². The first-order chi connectivity index (χ1) is 16.8.